The number of aliphatic hydroxyl groups excluding tert-OH is 1. The summed E-state index contributed by atoms with van der Waals surface area (Å²) >= 11 is 0. The maximum absolute atomic E-state index is 11.9. The summed E-state index contributed by atoms with van der Waals surface area (Å²) in [5, 5.41) is 9.81. The van der Waals surface area contributed by atoms with E-state index in [9.17, 15) is 9.67 Å². The lowest BCUT2D eigenvalue weighted by Crippen LogP contribution is -2.07. The number of hydrogen-bond donors (Lipinski definition) is 1. The maximum atomic E-state index is 11.9. The molecule has 0 saturated heterocycles. The van der Waals surface area contributed by atoms with Crippen molar-refractivity contribution in [3.8, 4) is 0 Å². The Hall–Kier alpha value is -0.930. The monoisotopic (exact) mass is 256 g/mol. The van der Waals surface area contributed by atoms with Crippen molar-refractivity contribution >= 4 is 13.2 Å². The van der Waals surface area contributed by atoms with Crippen molar-refractivity contribution in [1.82, 2.24) is 0 Å². The summed E-state index contributed by atoms with van der Waals surface area (Å²) in [6.45, 7) is 1.83. The zero-order valence-electron chi connectivity index (χ0n) is 10.2. The quantitative estimate of drug-likeness (QED) is 0.823. The van der Waals surface area contributed by atoms with E-state index >= 15 is 0 Å². The highest BCUT2D eigenvalue weighted by atomic mass is 31.2. The Morgan fingerprint density at radius 3 is 2.29 bits per heavy atom. The van der Waals surface area contributed by atoms with Gasteiger partial charge in [0.2, 0.25) is 0 Å². The molecule has 94 valence electrons. The molecule has 1 N–H and O–H groups in total. The van der Waals surface area contributed by atoms with Crippen molar-refractivity contribution in [2.24, 2.45) is 0 Å². The van der Waals surface area contributed by atoms with Crippen LogP contribution in [-0.2, 0) is 13.6 Å². The Kier molecular flexibility index (Phi) is 5.09. The van der Waals surface area contributed by atoms with Crippen LogP contribution in [-0.4, -0.2) is 25.2 Å². The Labute approximate surface area is 101 Å². The van der Waals surface area contributed by atoms with Crippen molar-refractivity contribution in [3.63, 3.8) is 0 Å². The molecule has 0 saturated carbocycles. The highest BCUT2D eigenvalue weighted by Gasteiger charge is 2.30. The Bertz CT molecular complexity index is 419. The Morgan fingerprint density at radius 2 is 1.82 bits per heavy atom. The minimum Gasteiger partial charge on any atom is -0.377 e. The number of hydrogen-bond acceptors (Lipinski definition) is 4. The topological polar surface area (TPSA) is 55.8 Å². The summed E-state index contributed by atoms with van der Waals surface area (Å²) in [5.74, 6) is -1.27. The average molecular weight is 256 g/mol. The van der Waals surface area contributed by atoms with Crippen LogP contribution in [0.25, 0.3) is 5.57 Å². The Balaban J connectivity index is 2.93. The van der Waals surface area contributed by atoms with Gasteiger partial charge in [0.25, 0.3) is 0 Å². The van der Waals surface area contributed by atoms with Crippen LogP contribution in [0.1, 0.15) is 12.5 Å². The molecule has 0 aromatic heterocycles. The molecule has 0 aliphatic heterocycles. The van der Waals surface area contributed by atoms with E-state index in [4.69, 9.17) is 9.05 Å². The molecule has 17 heavy (non-hydrogen) atoms. The van der Waals surface area contributed by atoms with E-state index in [2.05, 4.69) is 0 Å². The van der Waals surface area contributed by atoms with E-state index in [1.165, 1.54) is 20.3 Å². The fourth-order valence-corrected chi connectivity index (χ4v) is 2.39. The van der Waals surface area contributed by atoms with Gasteiger partial charge in [-0.25, -0.2) is 0 Å². The molecule has 0 fully saturated rings. The van der Waals surface area contributed by atoms with E-state index in [-0.39, 0.29) is 0 Å². The predicted molar refractivity (Wildman–Crippen MR) is 67.7 cm³/mol. The molecule has 0 heterocycles. The summed E-state index contributed by atoms with van der Waals surface area (Å²) in [5.41, 5.74) is 1.76. The first-order valence-corrected chi connectivity index (χ1v) is 6.78. The smallest absolute Gasteiger partial charge is 0.362 e. The van der Waals surface area contributed by atoms with E-state index in [0.717, 1.165) is 11.1 Å². The van der Waals surface area contributed by atoms with Crippen LogP contribution < -0.4 is 0 Å². The molecular weight excluding hydrogens is 239 g/mol. The zero-order valence-corrected chi connectivity index (χ0v) is 11.1. The average Bonchev–Trinajstić information content (AvgIpc) is 2.38. The van der Waals surface area contributed by atoms with Gasteiger partial charge in [0.1, 0.15) is 0 Å². The summed E-state index contributed by atoms with van der Waals surface area (Å²) in [6, 6.07) is 9.51. The van der Waals surface area contributed by atoms with Crippen molar-refractivity contribution in [1.29, 1.82) is 0 Å². The van der Waals surface area contributed by atoms with Crippen LogP contribution in [0.2, 0.25) is 0 Å². The number of allylic oxidation sites excluding steroid dienone is 1. The third-order valence-corrected chi connectivity index (χ3v) is 4.28. The standard InChI is InChI=1S/C12H17O4P/c1-10(11-7-5-4-6-8-11)9-12(13)17(14,15-2)16-3/h4-9,12-13H,1-3H3/b10-9+/t12-/m0/s1. The van der Waals surface area contributed by atoms with Gasteiger partial charge in [-0.3, -0.25) is 4.57 Å². The van der Waals surface area contributed by atoms with Gasteiger partial charge in [-0.05, 0) is 24.1 Å². The summed E-state index contributed by atoms with van der Waals surface area (Å²) in [4.78, 5) is 0. The molecule has 5 heteroatoms. The molecule has 0 unspecified atom stereocenters. The fraction of sp³-hybridized carbons (Fsp3) is 0.333. The van der Waals surface area contributed by atoms with Crippen LogP contribution in [0.15, 0.2) is 36.4 Å². The molecule has 0 bridgehead atoms. The predicted octanol–water partition coefficient (Wildman–Crippen LogP) is 2.89. The van der Waals surface area contributed by atoms with E-state index < -0.39 is 13.4 Å². The number of rotatable bonds is 5. The second-order valence-electron chi connectivity index (χ2n) is 3.53. The highest BCUT2D eigenvalue weighted by Crippen LogP contribution is 2.51. The second kappa shape index (κ2) is 6.12. The van der Waals surface area contributed by atoms with Gasteiger partial charge in [0, 0.05) is 14.2 Å². The van der Waals surface area contributed by atoms with Crippen molar-refractivity contribution in [2.45, 2.75) is 12.8 Å². The van der Waals surface area contributed by atoms with E-state index in [0.29, 0.717) is 0 Å². The fourth-order valence-electron chi connectivity index (χ4n) is 1.40. The van der Waals surface area contributed by atoms with Gasteiger partial charge in [-0.1, -0.05) is 30.3 Å². The van der Waals surface area contributed by atoms with Crippen LogP contribution >= 0.6 is 7.60 Å². The van der Waals surface area contributed by atoms with Gasteiger partial charge >= 0.3 is 7.60 Å². The summed E-state index contributed by atoms with van der Waals surface area (Å²) < 4.78 is 21.3. The molecule has 1 atom stereocenters. The first kappa shape index (κ1) is 14.1. The molecule has 1 aromatic carbocycles. The molecule has 4 nitrogen and oxygen atoms in total. The third-order valence-electron chi connectivity index (χ3n) is 2.46. The number of aliphatic hydroxyl groups is 1. The molecule has 1 aromatic rings. The lowest BCUT2D eigenvalue weighted by Gasteiger charge is -2.17. The second-order valence-corrected chi connectivity index (χ2v) is 5.87. The van der Waals surface area contributed by atoms with Gasteiger partial charge in [-0.15, -0.1) is 0 Å². The molecule has 0 aliphatic rings. The molecule has 1 rings (SSSR count). The number of benzene rings is 1. The first-order chi connectivity index (χ1) is 8.03. The minimum absolute atomic E-state index is 0.812. The van der Waals surface area contributed by atoms with Gasteiger partial charge < -0.3 is 14.2 Å². The first-order valence-electron chi connectivity index (χ1n) is 5.16. The third kappa shape index (κ3) is 3.51. The molecule has 0 radical (unpaired) electrons. The molecule has 0 aliphatic carbocycles. The zero-order chi connectivity index (χ0) is 12.9. The van der Waals surface area contributed by atoms with Crippen LogP contribution in [0.5, 0.6) is 0 Å². The van der Waals surface area contributed by atoms with Crippen molar-refractivity contribution in [2.75, 3.05) is 14.2 Å². The molecule has 0 amide bonds. The summed E-state index contributed by atoms with van der Waals surface area (Å²) in [7, 11) is -0.969. The minimum atomic E-state index is -3.47. The molecule has 0 spiro atoms. The summed E-state index contributed by atoms with van der Waals surface area (Å²) in [6.07, 6.45) is 1.48. The largest absolute Gasteiger partial charge is 0.377 e. The van der Waals surface area contributed by atoms with Gasteiger partial charge in [0.15, 0.2) is 5.85 Å². The van der Waals surface area contributed by atoms with Gasteiger partial charge in [0.05, 0.1) is 0 Å². The van der Waals surface area contributed by atoms with Crippen LogP contribution in [0, 0.1) is 0 Å². The SMILES string of the molecule is COP(=O)(OC)[C@H](O)/C=C(\C)c1ccccc1. The Morgan fingerprint density at radius 1 is 1.29 bits per heavy atom. The normalized spacial score (nSPS) is 14.7. The van der Waals surface area contributed by atoms with Crippen molar-refractivity contribution < 1.29 is 18.7 Å². The van der Waals surface area contributed by atoms with Gasteiger partial charge in [-0.2, -0.15) is 0 Å². The highest BCUT2D eigenvalue weighted by molar-refractivity contribution is 7.54. The van der Waals surface area contributed by atoms with E-state index in [1.54, 1.807) is 0 Å². The lowest BCUT2D eigenvalue weighted by atomic mass is 10.1. The van der Waals surface area contributed by atoms with Crippen LogP contribution in [0.3, 0.4) is 0 Å². The molecular formula is C12H17O4P. The van der Waals surface area contributed by atoms with Crippen molar-refractivity contribution in [3.05, 3.63) is 42.0 Å². The maximum Gasteiger partial charge on any atom is 0.362 e. The lowest BCUT2D eigenvalue weighted by molar-refractivity contribution is 0.201. The van der Waals surface area contributed by atoms with Crippen LogP contribution in [0.4, 0.5) is 0 Å². The van der Waals surface area contributed by atoms with E-state index in [1.807, 2.05) is 37.3 Å².